The van der Waals surface area contributed by atoms with Gasteiger partial charge < -0.3 is 14.7 Å². The summed E-state index contributed by atoms with van der Waals surface area (Å²) in [6.07, 6.45) is 5.04. The number of hydrogen-bond donors (Lipinski definition) is 1. The third-order valence-corrected chi connectivity index (χ3v) is 6.26. The molecule has 4 rings (SSSR count). The van der Waals surface area contributed by atoms with E-state index in [9.17, 15) is 9.90 Å². The van der Waals surface area contributed by atoms with E-state index in [4.69, 9.17) is 4.74 Å². The molecule has 1 amide bonds. The van der Waals surface area contributed by atoms with Crippen molar-refractivity contribution in [3.8, 4) is 5.75 Å². The molecule has 28 heavy (non-hydrogen) atoms. The van der Waals surface area contributed by atoms with E-state index in [1.165, 1.54) is 0 Å². The van der Waals surface area contributed by atoms with Gasteiger partial charge in [0.1, 0.15) is 11.4 Å². The summed E-state index contributed by atoms with van der Waals surface area (Å²) in [5.74, 6) is 0.989. The van der Waals surface area contributed by atoms with Crippen molar-refractivity contribution in [2.24, 2.45) is 12.5 Å². The summed E-state index contributed by atoms with van der Waals surface area (Å²) in [6, 6.07) is 7.75. The van der Waals surface area contributed by atoms with Crippen LogP contribution in [0.5, 0.6) is 5.75 Å². The number of benzene rings is 1. The van der Waals surface area contributed by atoms with Gasteiger partial charge in [-0.3, -0.25) is 4.79 Å². The second-order valence-electron chi connectivity index (χ2n) is 8.42. The smallest absolute Gasteiger partial charge is 0.233 e. The SMILES string of the molecule is CC(C)Oc1ccc(N2CCC3(CCC(O)(c4cnnn4C)CC3)C2=O)cc1. The molecule has 1 N–H and O–H groups in total. The molecule has 0 radical (unpaired) electrons. The summed E-state index contributed by atoms with van der Waals surface area (Å²) in [4.78, 5) is 15.2. The van der Waals surface area contributed by atoms with Gasteiger partial charge in [0.2, 0.25) is 5.91 Å². The van der Waals surface area contributed by atoms with Crippen molar-refractivity contribution in [3.05, 3.63) is 36.2 Å². The third kappa shape index (κ3) is 3.17. The number of aryl methyl sites for hydroxylation is 1. The molecule has 1 saturated carbocycles. The lowest BCUT2D eigenvalue weighted by molar-refractivity contribution is -0.131. The molecule has 0 atom stereocenters. The number of hydrogen-bond acceptors (Lipinski definition) is 5. The fraction of sp³-hybridized carbons (Fsp3) is 0.571. The van der Waals surface area contributed by atoms with Gasteiger partial charge in [-0.15, -0.1) is 5.10 Å². The summed E-state index contributed by atoms with van der Waals surface area (Å²) < 4.78 is 7.32. The van der Waals surface area contributed by atoms with Crippen LogP contribution in [0.25, 0.3) is 0 Å². The third-order valence-electron chi connectivity index (χ3n) is 6.26. The van der Waals surface area contributed by atoms with E-state index >= 15 is 0 Å². The lowest BCUT2D eigenvalue weighted by Crippen LogP contribution is -2.43. The Hall–Kier alpha value is -2.41. The summed E-state index contributed by atoms with van der Waals surface area (Å²) in [6.45, 7) is 4.70. The first-order chi connectivity index (χ1) is 13.3. The maximum absolute atomic E-state index is 13.3. The number of anilines is 1. The first kappa shape index (κ1) is 18.9. The van der Waals surface area contributed by atoms with Crippen LogP contribution in [0.2, 0.25) is 0 Å². The molecule has 2 heterocycles. The average Bonchev–Trinajstić information content (AvgIpc) is 3.23. The van der Waals surface area contributed by atoms with Crippen LogP contribution in [0.1, 0.15) is 51.6 Å². The molecular weight excluding hydrogens is 356 g/mol. The minimum atomic E-state index is -0.951. The molecule has 1 saturated heterocycles. The molecule has 0 bridgehead atoms. The first-order valence-corrected chi connectivity index (χ1v) is 9.99. The Morgan fingerprint density at radius 3 is 2.36 bits per heavy atom. The molecule has 1 aromatic carbocycles. The molecule has 7 heteroatoms. The van der Waals surface area contributed by atoms with Crippen LogP contribution in [0.3, 0.4) is 0 Å². The predicted molar refractivity (Wildman–Crippen MR) is 105 cm³/mol. The number of ether oxygens (including phenoxy) is 1. The summed E-state index contributed by atoms with van der Waals surface area (Å²) in [5.41, 5.74) is 0.318. The topological polar surface area (TPSA) is 80.5 Å². The maximum Gasteiger partial charge on any atom is 0.233 e. The normalized spacial score (nSPS) is 27.8. The lowest BCUT2D eigenvalue weighted by atomic mass is 9.67. The van der Waals surface area contributed by atoms with Crippen molar-refractivity contribution < 1.29 is 14.6 Å². The molecule has 2 fully saturated rings. The van der Waals surface area contributed by atoms with Gasteiger partial charge in [0.15, 0.2) is 0 Å². The molecule has 1 aromatic heterocycles. The lowest BCUT2D eigenvalue weighted by Gasteiger charge is -2.40. The van der Waals surface area contributed by atoms with Crippen molar-refractivity contribution in [1.29, 1.82) is 0 Å². The number of carbonyl (C=O) groups is 1. The highest BCUT2D eigenvalue weighted by Crippen LogP contribution is 2.51. The van der Waals surface area contributed by atoms with Gasteiger partial charge in [-0.25, -0.2) is 4.68 Å². The van der Waals surface area contributed by atoms with Crippen LogP contribution >= 0.6 is 0 Å². The maximum atomic E-state index is 13.3. The standard InChI is InChI=1S/C21H28N4O3/c1-15(2)28-17-6-4-16(5-7-17)25-13-12-20(19(25)26)8-10-21(27,11-9-20)18-14-22-23-24(18)3/h4-7,14-15,27H,8-13H2,1-3H3. The number of rotatable bonds is 4. The highest BCUT2D eigenvalue weighted by Gasteiger charge is 2.52. The van der Waals surface area contributed by atoms with Crippen LogP contribution < -0.4 is 9.64 Å². The second-order valence-corrected chi connectivity index (χ2v) is 8.42. The van der Waals surface area contributed by atoms with Crippen molar-refractivity contribution in [2.75, 3.05) is 11.4 Å². The number of aliphatic hydroxyl groups is 1. The van der Waals surface area contributed by atoms with Gasteiger partial charge in [0, 0.05) is 19.3 Å². The minimum Gasteiger partial charge on any atom is -0.491 e. The highest BCUT2D eigenvalue weighted by atomic mass is 16.5. The Morgan fingerprint density at radius 2 is 1.79 bits per heavy atom. The van der Waals surface area contributed by atoms with Gasteiger partial charge in [0.05, 0.1) is 23.4 Å². The molecule has 2 aliphatic rings. The molecule has 7 nitrogen and oxygen atoms in total. The molecule has 0 unspecified atom stereocenters. The summed E-state index contributed by atoms with van der Waals surface area (Å²) in [7, 11) is 1.79. The number of carbonyl (C=O) groups excluding carboxylic acids is 1. The Kier molecular flexibility index (Phi) is 4.65. The van der Waals surface area contributed by atoms with Crippen molar-refractivity contribution >= 4 is 11.6 Å². The van der Waals surface area contributed by atoms with Crippen molar-refractivity contribution in [2.45, 2.75) is 57.7 Å². The van der Waals surface area contributed by atoms with Gasteiger partial charge >= 0.3 is 0 Å². The van der Waals surface area contributed by atoms with Crippen LogP contribution in [-0.4, -0.2) is 38.7 Å². The fourth-order valence-electron chi connectivity index (χ4n) is 4.62. The Morgan fingerprint density at radius 1 is 1.11 bits per heavy atom. The van der Waals surface area contributed by atoms with Crippen LogP contribution in [0, 0.1) is 5.41 Å². The van der Waals surface area contributed by atoms with E-state index in [2.05, 4.69) is 10.3 Å². The zero-order valence-electron chi connectivity index (χ0n) is 16.8. The first-order valence-electron chi connectivity index (χ1n) is 9.99. The fourth-order valence-corrected chi connectivity index (χ4v) is 4.62. The van der Waals surface area contributed by atoms with E-state index in [0.29, 0.717) is 25.7 Å². The van der Waals surface area contributed by atoms with Crippen molar-refractivity contribution in [1.82, 2.24) is 15.0 Å². The quantitative estimate of drug-likeness (QED) is 0.877. The van der Waals surface area contributed by atoms with Gasteiger partial charge in [-0.2, -0.15) is 0 Å². The Balaban J connectivity index is 1.47. The number of amides is 1. The molecule has 1 spiro atoms. The molecule has 2 aromatic rings. The summed E-state index contributed by atoms with van der Waals surface area (Å²) >= 11 is 0. The minimum absolute atomic E-state index is 0.123. The monoisotopic (exact) mass is 384 g/mol. The molecule has 150 valence electrons. The molecular formula is C21H28N4O3. The van der Waals surface area contributed by atoms with Crippen LogP contribution in [0.15, 0.2) is 30.5 Å². The van der Waals surface area contributed by atoms with Gasteiger partial charge in [-0.05, 0) is 70.2 Å². The predicted octanol–water partition coefficient (Wildman–Crippen LogP) is 2.79. The Labute approximate surface area is 165 Å². The molecule has 1 aliphatic heterocycles. The second kappa shape index (κ2) is 6.88. The van der Waals surface area contributed by atoms with Crippen LogP contribution in [-0.2, 0) is 17.4 Å². The largest absolute Gasteiger partial charge is 0.491 e. The van der Waals surface area contributed by atoms with E-state index in [1.807, 2.05) is 43.0 Å². The highest BCUT2D eigenvalue weighted by molar-refractivity contribution is 6.00. The van der Waals surface area contributed by atoms with E-state index in [-0.39, 0.29) is 17.4 Å². The summed E-state index contributed by atoms with van der Waals surface area (Å²) in [5, 5.41) is 18.9. The van der Waals surface area contributed by atoms with E-state index in [0.717, 1.165) is 30.1 Å². The zero-order chi connectivity index (χ0) is 19.9. The van der Waals surface area contributed by atoms with Crippen LogP contribution in [0.4, 0.5) is 5.69 Å². The zero-order valence-corrected chi connectivity index (χ0v) is 16.8. The average molecular weight is 384 g/mol. The molecule has 1 aliphatic carbocycles. The van der Waals surface area contributed by atoms with E-state index < -0.39 is 5.60 Å². The Bertz CT molecular complexity index is 851. The number of aromatic nitrogens is 3. The number of nitrogens with zero attached hydrogens (tertiary/aromatic N) is 4. The van der Waals surface area contributed by atoms with Crippen molar-refractivity contribution in [3.63, 3.8) is 0 Å². The van der Waals surface area contributed by atoms with Gasteiger partial charge in [-0.1, -0.05) is 5.21 Å². The van der Waals surface area contributed by atoms with Gasteiger partial charge in [0.25, 0.3) is 0 Å². The van der Waals surface area contributed by atoms with E-state index in [1.54, 1.807) is 17.9 Å².